The van der Waals surface area contributed by atoms with Crippen molar-refractivity contribution in [3.63, 3.8) is 0 Å². The van der Waals surface area contributed by atoms with E-state index in [1.54, 1.807) is 49.5 Å². The van der Waals surface area contributed by atoms with Crippen molar-refractivity contribution in [2.75, 3.05) is 36.4 Å². The fraction of sp³-hybridized carbons (Fsp3) is 0.320. The fourth-order valence-electron chi connectivity index (χ4n) is 3.99. The summed E-state index contributed by atoms with van der Waals surface area (Å²) in [4.78, 5) is 18.8. The number of aromatic nitrogens is 2. The fourth-order valence-corrected chi connectivity index (χ4v) is 5.42. The molecule has 0 atom stereocenters. The summed E-state index contributed by atoms with van der Waals surface area (Å²) in [5.41, 5.74) is 1.99. The molecule has 1 aromatic carbocycles. The van der Waals surface area contributed by atoms with E-state index in [-0.39, 0.29) is 16.7 Å². The van der Waals surface area contributed by atoms with Crippen molar-refractivity contribution in [3.8, 4) is 0 Å². The number of amides is 1. The van der Waals surface area contributed by atoms with Crippen molar-refractivity contribution >= 4 is 39.6 Å². The van der Waals surface area contributed by atoms with Gasteiger partial charge in [-0.05, 0) is 55.7 Å². The molecule has 0 radical (unpaired) electrons. The van der Waals surface area contributed by atoms with E-state index < -0.39 is 10.0 Å². The molecule has 3 aromatic rings. The number of sulfonamides is 1. The molecule has 1 saturated heterocycles. The van der Waals surface area contributed by atoms with E-state index in [0.29, 0.717) is 43.3 Å². The molecule has 1 N–H and O–H groups in total. The van der Waals surface area contributed by atoms with Crippen LogP contribution in [0, 0.1) is 12.8 Å². The van der Waals surface area contributed by atoms with Gasteiger partial charge in [0.25, 0.3) is 0 Å². The van der Waals surface area contributed by atoms with Crippen LogP contribution in [-0.2, 0) is 14.8 Å². The van der Waals surface area contributed by atoms with Crippen LogP contribution in [0.2, 0.25) is 0 Å². The molecule has 1 saturated carbocycles. The number of rotatable bonds is 7. The Hall–Kier alpha value is -3.50. The Morgan fingerprint density at radius 1 is 1.06 bits per heavy atom. The van der Waals surface area contributed by atoms with E-state index in [1.807, 2.05) is 18.2 Å². The molecule has 1 aliphatic carbocycles. The molecular formula is C25H27N5O4S. The van der Waals surface area contributed by atoms with Crippen molar-refractivity contribution in [1.82, 2.24) is 14.4 Å². The van der Waals surface area contributed by atoms with Gasteiger partial charge >= 0.3 is 0 Å². The van der Waals surface area contributed by atoms with Gasteiger partial charge < -0.3 is 14.7 Å². The number of benzene rings is 1. The van der Waals surface area contributed by atoms with E-state index in [0.717, 1.165) is 24.2 Å². The molecule has 2 aromatic heterocycles. The predicted octanol–water partition coefficient (Wildman–Crippen LogP) is 3.41. The predicted molar refractivity (Wildman–Crippen MR) is 133 cm³/mol. The van der Waals surface area contributed by atoms with Gasteiger partial charge in [0, 0.05) is 38.3 Å². The van der Waals surface area contributed by atoms with Crippen LogP contribution in [0.25, 0.3) is 12.2 Å². The SMILES string of the molecule is Cc1noc(C=Cc2ccc(S(=O)(=O)N3CCN(c4ccccn4)CC3)cc2)c1NC(=O)C1CC1. The van der Waals surface area contributed by atoms with Gasteiger partial charge in [-0.15, -0.1) is 0 Å². The molecule has 10 heteroatoms. The molecular weight excluding hydrogens is 466 g/mol. The molecule has 0 unspecified atom stereocenters. The Morgan fingerprint density at radius 3 is 2.46 bits per heavy atom. The lowest BCUT2D eigenvalue weighted by Gasteiger charge is -2.34. The van der Waals surface area contributed by atoms with Gasteiger partial charge in [0.1, 0.15) is 17.2 Å². The first-order chi connectivity index (χ1) is 16.9. The highest BCUT2D eigenvalue weighted by Crippen LogP contribution is 2.32. The largest absolute Gasteiger partial charge is 0.354 e. The Labute approximate surface area is 204 Å². The molecule has 2 aliphatic rings. The zero-order valence-corrected chi connectivity index (χ0v) is 20.2. The quantitative estimate of drug-likeness (QED) is 0.537. The summed E-state index contributed by atoms with van der Waals surface area (Å²) in [7, 11) is -3.58. The van der Waals surface area contributed by atoms with Crippen LogP contribution in [0.5, 0.6) is 0 Å². The summed E-state index contributed by atoms with van der Waals surface area (Å²) in [6.07, 6.45) is 7.09. The molecule has 0 spiro atoms. The normalized spacial score (nSPS) is 17.1. The topological polar surface area (TPSA) is 109 Å². The van der Waals surface area contributed by atoms with Gasteiger partial charge in [-0.3, -0.25) is 4.79 Å². The van der Waals surface area contributed by atoms with Crippen molar-refractivity contribution < 1.29 is 17.7 Å². The number of anilines is 2. The first-order valence-corrected chi connectivity index (χ1v) is 13.1. The number of aryl methyl sites for hydroxylation is 1. The summed E-state index contributed by atoms with van der Waals surface area (Å²) in [5.74, 6) is 1.38. The monoisotopic (exact) mass is 493 g/mol. The molecule has 5 rings (SSSR count). The zero-order valence-electron chi connectivity index (χ0n) is 19.4. The molecule has 9 nitrogen and oxygen atoms in total. The maximum atomic E-state index is 13.1. The van der Waals surface area contributed by atoms with E-state index in [1.165, 1.54) is 4.31 Å². The van der Waals surface area contributed by atoms with E-state index in [9.17, 15) is 13.2 Å². The minimum atomic E-state index is -3.58. The summed E-state index contributed by atoms with van der Waals surface area (Å²) in [5, 5.41) is 6.85. The molecule has 1 amide bonds. The number of nitrogens with zero attached hydrogens (tertiary/aromatic N) is 4. The van der Waals surface area contributed by atoms with Crippen molar-refractivity contribution in [2.24, 2.45) is 5.92 Å². The highest BCUT2D eigenvalue weighted by molar-refractivity contribution is 7.89. The first kappa shape index (κ1) is 23.3. The molecule has 1 aliphatic heterocycles. The second-order valence-corrected chi connectivity index (χ2v) is 10.7. The van der Waals surface area contributed by atoms with Crippen LogP contribution >= 0.6 is 0 Å². The molecule has 3 heterocycles. The van der Waals surface area contributed by atoms with Gasteiger partial charge in [-0.1, -0.05) is 29.4 Å². The van der Waals surface area contributed by atoms with Crippen LogP contribution in [0.4, 0.5) is 11.5 Å². The standard InChI is InChI=1S/C25H27N5O4S/c1-18-24(27-25(31)20-8-9-20)22(34-28-18)12-7-19-5-10-21(11-6-19)35(32,33)30-16-14-29(15-17-30)23-4-2-3-13-26-23/h2-7,10-13,20H,8-9,14-17H2,1H3,(H,27,31). The lowest BCUT2D eigenvalue weighted by Crippen LogP contribution is -2.48. The maximum Gasteiger partial charge on any atom is 0.243 e. The first-order valence-electron chi connectivity index (χ1n) is 11.6. The van der Waals surface area contributed by atoms with Gasteiger partial charge in [-0.25, -0.2) is 13.4 Å². The summed E-state index contributed by atoms with van der Waals surface area (Å²) >= 11 is 0. The minimum absolute atomic E-state index is 0.0126. The third-order valence-corrected chi connectivity index (χ3v) is 8.16. The summed E-state index contributed by atoms with van der Waals surface area (Å²) < 4.78 is 33.2. The Kier molecular flexibility index (Phi) is 6.40. The van der Waals surface area contributed by atoms with Gasteiger partial charge in [0.15, 0.2) is 5.76 Å². The van der Waals surface area contributed by atoms with Gasteiger partial charge in [-0.2, -0.15) is 4.31 Å². The van der Waals surface area contributed by atoms with E-state index >= 15 is 0 Å². The number of hydrogen-bond acceptors (Lipinski definition) is 7. The van der Waals surface area contributed by atoms with Crippen LogP contribution in [-0.4, -0.2) is 54.9 Å². The second-order valence-electron chi connectivity index (χ2n) is 8.75. The number of nitrogens with one attached hydrogen (secondary N) is 1. The smallest absolute Gasteiger partial charge is 0.243 e. The van der Waals surface area contributed by atoms with Crippen LogP contribution in [0.1, 0.15) is 29.9 Å². The van der Waals surface area contributed by atoms with Crippen molar-refractivity contribution in [3.05, 3.63) is 65.7 Å². The average Bonchev–Trinajstić information content (AvgIpc) is 3.69. The minimum Gasteiger partial charge on any atom is -0.354 e. The third-order valence-electron chi connectivity index (χ3n) is 6.24. The summed E-state index contributed by atoms with van der Waals surface area (Å²) in [6, 6.07) is 12.4. The molecule has 35 heavy (non-hydrogen) atoms. The number of carbonyl (C=O) groups is 1. The maximum absolute atomic E-state index is 13.1. The molecule has 0 bridgehead atoms. The Bertz CT molecular complexity index is 1320. The van der Waals surface area contributed by atoms with Crippen LogP contribution in [0.3, 0.4) is 0 Å². The second kappa shape index (κ2) is 9.63. The zero-order chi connectivity index (χ0) is 24.4. The third kappa shape index (κ3) is 5.13. The number of piperazine rings is 1. The van der Waals surface area contributed by atoms with Crippen LogP contribution in [0.15, 0.2) is 58.1 Å². The van der Waals surface area contributed by atoms with Crippen LogP contribution < -0.4 is 10.2 Å². The van der Waals surface area contributed by atoms with Gasteiger partial charge in [0.05, 0.1) is 4.90 Å². The highest BCUT2D eigenvalue weighted by atomic mass is 32.2. The van der Waals surface area contributed by atoms with E-state index in [2.05, 4.69) is 20.4 Å². The van der Waals surface area contributed by atoms with Crippen molar-refractivity contribution in [2.45, 2.75) is 24.7 Å². The molecule has 2 fully saturated rings. The highest BCUT2D eigenvalue weighted by Gasteiger charge is 2.31. The van der Waals surface area contributed by atoms with E-state index in [4.69, 9.17) is 4.52 Å². The number of carbonyl (C=O) groups excluding carboxylic acids is 1. The Balaban J connectivity index is 1.24. The number of pyridine rings is 1. The van der Waals surface area contributed by atoms with Crippen molar-refractivity contribution in [1.29, 1.82) is 0 Å². The van der Waals surface area contributed by atoms with Gasteiger partial charge in [0.2, 0.25) is 15.9 Å². The Morgan fingerprint density at radius 2 is 1.80 bits per heavy atom. The lowest BCUT2D eigenvalue weighted by atomic mass is 10.2. The number of hydrogen-bond donors (Lipinski definition) is 1. The summed E-state index contributed by atoms with van der Waals surface area (Å²) in [6.45, 7) is 3.77. The lowest BCUT2D eigenvalue weighted by molar-refractivity contribution is -0.117. The average molecular weight is 494 g/mol. The molecule has 182 valence electrons.